The molecule has 2 aromatic rings. The summed E-state index contributed by atoms with van der Waals surface area (Å²) in [5, 5.41) is 0. The summed E-state index contributed by atoms with van der Waals surface area (Å²) in [6.45, 7) is 8.96. The summed E-state index contributed by atoms with van der Waals surface area (Å²) in [5.74, 6) is 0.308. The number of aryl methyl sites for hydroxylation is 1. The minimum absolute atomic E-state index is 0.308. The van der Waals surface area contributed by atoms with Crippen molar-refractivity contribution < 1.29 is 4.79 Å². The van der Waals surface area contributed by atoms with E-state index in [2.05, 4.69) is 72.8 Å². The van der Waals surface area contributed by atoms with Crippen molar-refractivity contribution >= 4 is 5.91 Å². The van der Waals surface area contributed by atoms with Gasteiger partial charge in [0, 0.05) is 31.4 Å². The second kappa shape index (κ2) is 11.6. The van der Waals surface area contributed by atoms with Gasteiger partial charge in [0.15, 0.2) is 0 Å². The molecule has 0 bridgehead atoms. The second-order valence-electron chi connectivity index (χ2n) is 7.60. The van der Waals surface area contributed by atoms with E-state index in [4.69, 9.17) is 0 Å². The molecule has 1 aromatic heterocycles. The lowest BCUT2D eigenvalue weighted by atomic mass is 10.1. The minimum Gasteiger partial charge on any atom is -0.345 e. The van der Waals surface area contributed by atoms with Crippen LogP contribution in [0.25, 0.3) is 0 Å². The summed E-state index contributed by atoms with van der Waals surface area (Å²) < 4.78 is 2.28. The van der Waals surface area contributed by atoms with E-state index < -0.39 is 0 Å². The van der Waals surface area contributed by atoms with Crippen LogP contribution in [0.4, 0.5) is 0 Å². The SMILES string of the molecule is CCCCCC(=O)N(CCCCC)Cc1cccn1Cc1cccc(C)c1. The molecular weight excluding hydrogens is 332 g/mol. The van der Waals surface area contributed by atoms with Crippen molar-refractivity contribution in [1.82, 2.24) is 9.47 Å². The number of rotatable bonds is 12. The molecule has 1 amide bonds. The molecule has 148 valence electrons. The van der Waals surface area contributed by atoms with Gasteiger partial charge in [-0.2, -0.15) is 0 Å². The van der Waals surface area contributed by atoms with Crippen molar-refractivity contribution in [2.75, 3.05) is 6.54 Å². The summed E-state index contributed by atoms with van der Waals surface area (Å²) in [4.78, 5) is 14.8. The van der Waals surface area contributed by atoms with Gasteiger partial charge in [-0.15, -0.1) is 0 Å². The average Bonchev–Trinajstić information content (AvgIpc) is 3.08. The lowest BCUT2D eigenvalue weighted by Crippen LogP contribution is -2.32. The first-order chi connectivity index (χ1) is 13.1. The van der Waals surface area contributed by atoms with E-state index in [0.29, 0.717) is 18.9 Å². The number of nitrogens with zero attached hydrogens (tertiary/aromatic N) is 2. The van der Waals surface area contributed by atoms with Crippen LogP contribution in [0.1, 0.15) is 75.6 Å². The van der Waals surface area contributed by atoms with Gasteiger partial charge in [-0.3, -0.25) is 4.79 Å². The standard InChI is InChI=1S/C24H36N2O/c1-4-6-8-15-24(27)26(16-9-7-5-2)20-23-14-11-17-25(23)19-22-13-10-12-21(3)18-22/h10-14,17-18H,4-9,15-16,19-20H2,1-3H3. The maximum Gasteiger partial charge on any atom is 0.222 e. The zero-order valence-electron chi connectivity index (χ0n) is 17.4. The molecule has 0 saturated carbocycles. The molecule has 0 aliphatic rings. The Hall–Kier alpha value is -2.03. The Morgan fingerprint density at radius 3 is 2.52 bits per heavy atom. The number of benzene rings is 1. The van der Waals surface area contributed by atoms with Crippen molar-refractivity contribution in [3.05, 3.63) is 59.4 Å². The molecule has 0 saturated heterocycles. The van der Waals surface area contributed by atoms with Gasteiger partial charge in [0.1, 0.15) is 0 Å². The quantitative estimate of drug-likeness (QED) is 0.425. The molecule has 0 N–H and O–H groups in total. The van der Waals surface area contributed by atoms with Crippen LogP contribution in [-0.2, 0) is 17.9 Å². The van der Waals surface area contributed by atoms with Gasteiger partial charge in [-0.05, 0) is 37.5 Å². The topological polar surface area (TPSA) is 25.2 Å². The third-order valence-corrected chi connectivity index (χ3v) is 5.09. The van der Waals surface area contributed by atoms with Gasteiger partial charge in [-0.25, -0.2) is 0 Å². The zero-order valence-corrected chi connectivity index (χ0v) is 17.4. The molecule has 3 nitrogen and oxygen atoms in total. The molecule has 0 unspecified atom stereocenters. The number of aromatic nitrogens is 1. The van der Waals surface area contributed by atoms with Crippen LogP contribution >= 0.6 is 0 Å². The first-order valence-electron chi connectivity index (χ1n) is 10.6. The minimum atomic E-state index is 0.308. The molecule has 27 heavy (non-hydrogen) atoms. The molecular formula is C24H36N2O. The van der Waals surface area contributed by atoms with Crippen molar-refractivity contribution in [3.63, 3.8) is 0 Å². The third-order valence-electron chi connectivity index (χ3n) is 5.09. The fourth-order valence-electron chi connectivity index (χ4n) is 3.48. The van der Waals surface area contributed by atoms with Crippen LogP contribution in [0.2, 0.25) is 0 Å². The average molecular weight is 369 g/mol. The second-order valence-corrected chi connectivity index (χ2v) is 7.60. The van der Waals surface area contributed by atoms with Crippen LogP contribution in [0, 0.1) is 6.92 Å². The van der Waals surface area contributed by atoms with E-state index in [1.165, 1.54) is 29.7 Å². The van der Waals surface area contributed by atoms with Gasteiger partial charge in [0.05, 0.1) is 6.54 Å². The van der Waals surface area contributed by atoms with Crippen LogP contribution < -0.4 is 0 Å². The molecule has 0 fully saturated rings. The fourth-order valence-corrected chi connectivity index (χ4v) is 3.48. The first kappa shape index (κ1) is 21.3. The van der Waals surface area contributed by atoms with Crippen molar-refractivity contribution in [3.8, 4) is 0 Å². The van der Waals surface area contributed by atoms with Crippen molar-refractivity contribution in [2.45, 2.75) is 78.8 Å². The Morgan fingerprint density at radius 2 is 1.78 bits per heavy atom. The van der Waals surface area contributed by atoms with Gasteiger partial charge >= 0.3 is 0 Å². The Kier molecular flexibility index (Phi) is 9.17. The highest BCUT2D eigenvalue weighted by atomic mass is 16.2. The van der Waals surface area contributed by atoms with Gasteiger partial charge < -0.3 is 9.47 Å². The van der Waals surface area contributed by atoms with Crippen LogP contribution in [0.3, 0.4) is 0 Å². The number of hydrogen-bond donors (Lipinski definition) is 0. The van der Waals surface area contributed by atoms with Crippen LogP contribution in [0.15, 0.2) is 42.6 Å². The Balaban J connectivity index is 2.05. The summed E-state index contributed by atoms with van der Waals surface area (Å²) in [5.41, 5.74) is 3.81. The van der Waals surface area contributed by atoms with Gasteiger partial charge in [0.25, 0.3) is 0 Å². The van der Waals surface area contributed by atoms with E-state index in [9.17, 15) is 4.79 Å². The number of carbonyl (C=O) groups excluding carboxylic acids is 1. The lowest BCUT2D eigenvalue weighted by molar-refractivity contribution is -0.132. The molecule has 0 spiro atoms. The smallest absolute Gasteiger partial charge is 0.222 e. The summed E-state index contributed by atoms with van der Waals surface area (Å²) in [6.07, 6.45) is 9.56. The highest BCUT2D eigenvalue weighted by Gasteiger charge is 2.15. The molecule has 0 radical (unpaired) electrons. The predicted molar refractivity (Wildman–Crippen MR) is 114 cm³/mol. The molecule has 0 atom stereocenters. The van der Waals surface area contributed by atoms with Gasteiger partial charge in [-0.1, -0.05) is 69.4 Å². The predicted octanol–water partition coefficient (Wildman–Crippen LogP) is 5.94. The van der Waals surface area contributed by atoms with Crippen LogP contribution in [0.5, 0.6) is 0 Å². The molecule has 3 heteroatoms. The lowest BCUT2D eigenvalue weighted by Gasteiger charge is -2.24. The van der Waals surface area contributed by atoms with Crippen LogP contribution in [-0.4, -0.2) is 21.9 Å². The monoisotopic (exact) mass is 368 g/mol. The maximum absolute atomic E-state index is 12.8. The largest absolute Gasteiger partial charge is 0.345 e. The fraction of sp³-hybridized carbons (Fsp3) is 0.542. The molecule has 2 rings (SSSR count). The first-order valence-corrected chi connectivity index (χ1v) is 10.6. The highest BCUT2D eigenvalue weighted by molar-refractivity contribution is 5.76. The number of unbranched alkanes of at least 4 members (excludes halogenated alkanes) is 4. The Bertz CT molecular complexity index is 689. The normalized spacial score (nSPS) is 10.9. The Labute approximate surface area is 165 Å². The summed E-state index contributed by atoms with van der Waals surface area (Å²) >= 11 is 0. The molecule has 1 heterocycles. The van der Waals surface area contributed by atoms with E-state index in [-0.39, 0.29) is 0 Å². The van der Waals surface area contributed by atoms with E-state index >= 15 is 0 Å². The zero-order chi connectivity index (χ0) is 19.5. The van der Waals surface area contributed by atoms with E-state index in [1.807, 2.05) is 0 Å². The van der Waals surface area contributed by atoms with E-state index in [1.54, 1.807) is 0 Å². The van der Waals surface area contributed by atoms with E-state index in [0.717, 1.165) is 38.8 Å². The Morgan fingerprint density at radius 1 is 1.00 bits per heavy atom. The number of carbonyl (C=O) groups is 1. The molecule has 1 aromatic carbocycles. The van der Waals surface area contributed by atoms with Crippen molar-refractivity contribution in [1.29, 1.82) is 0 Å². The molecule has 0 aliphatic heterocycles. The van der Waals surface area contributed by atoms with Crippen molar-refractivity contribution in [2.24, 2.45) is 0 Å². The van der Waals surface area contributed by atoms with Gasteiger partial charge in [0.2, 0.25) is 5.91 Å². The summed E-state index contributed by atoms with van der Waals surface area (Å²) in [7, 11) is 0. The summed E-state index contributed by atoms with van der Waals surface area (Å²) in [6, 6.07) is 12.9. The highest BCUT2D eigenvalue weighted by Crippen LogP contribution is 2.14. The number of amides is 1. The third kappa shape index (κ3) is 7.24. The number of hydrogen-bond acceptors (Lipinski definition) is 1. The molecule has 0 aliphatic carbocycles. The maximum atomic E-state index is 12.8.